The van der Waals surface area contributed by atoms with E-state index in [1.54, 1.807) is 30.3 Å². The smallest absolute Gasteiger partial charge is 0.216 e. The van der Waals surface area contributed by atoms with Crippen LogP contribution in [0.1, 0.15) is 16.7 Å². The second-order valence-electron chi connectivity index (χ2n) is 6.42. The van der Waals surface area contributed by atoms with Crippen molar-refractivity contribution in [1.82, 2.24) is 0 Å². The predicted molar refractivity (Wildman–Crippen MR) is 114 cm³/mol. The quantitative estimate of drug-likeness (QED) is 0.486. The van der Waals surface area contributed by atoms with Crippen LogP contribution in [0, 0.1) is 18.3 Å². The van der Waals surface area contributed by atoms with Crippen LogP contribution in [0.15, 0.2) is 82.6 Å². The maximum Gasteiger partial charge on any atom is 0.216 e. The Kier molecular flexibility index (Phi) is 6.38. The monoisotopic (exact) mass is 423 g/mol. The molecular formula is C23H18ClNO3S. The lowest BCUT2D eigenvalue weighted by molar-refractivity contribution is 0.306. The molecule has 0 saturated heterocycles. The fraction of sp³-hybridized carbons (Fsp3) is 0.0870. The van der Waals surface area contributed by atoms with Gasteiger partial charge in [-0.1, -0.05) is 53.6 Å². The Balaban J connectivity index is 1.75. The Bertz CT molecular complexity index is 1160. The van der Waals surface area contributed by atoms with Gasteiger partial charge < -0.3 is 4.74 Å². The van der Waals surface area contributed by atoms with Gasteiger partial charge in [0, 0.05) is 5.02 Å². The molecule has 0 aromatic heterocycles. The van der Waals surface area contributed by atoms with Crippen molar-refractivity contribution < 1.29 is 13.2 Å². The summed E-state index contributed by atoms with van der Waals surface area (Å²) in [5.74, 6) is 0.654. The van der Waals surface area contributed by atoms with E-state index in [2.05, 4.69) is 0 Å². The summed E-state index contributed by atoms with van der Waals surface area (Å²) in [5.41, 5.74) is 2.83. The highest BCUT2D eigenvalue weighted by Gasteiger charge is 2.20. The number of nitrogens with zero attached hydrogens (tertiary/aromatic N) is 1. The maximum atomic E-state index is 12.7. The Hall–Kier alpha value is -3.07. The molecule has 3 aromatic carbocycles. The van der Waals surface area contributed by atoms with Crippen molar-refractivity contribution in [1.29, 1.82) is 5.26 Å². The lowest BCUT2D eigenvalue weighted by atomic mass is 10.2. The summed E-state index contributed by atoms with van der Waals surface area (Å²) < 4.78 is 31.1. The Morgan fingerprint density at radius 1 is 1.00 bits per heavy atom. The molecule has 0 N–H and O–H groups in total. The van der Waals surface area contributed by atoms with Gasteiger partial charge in [0.25, 0.3) is 0 Å². The molecule has 0 atom stereocenters. The number of rotatable bonds is 6. The number of hydrogen-bond acceptors (Lipinski definition) is 4. The van der Waals surface area contributed by atoms with Crippen molar-refractivity contribution in [3.8, 4) is 11.8 Å². The van der Waals surface area contributed by atoms with E-state index in [-0.39, 0.29) is 9.80 Å². The van der Waals surface area contributed by atoms with Crippen LogP contribution in [0.3, 0.4) is 0 Å². The van der Waals surface area contributed by atoms with Crippen molar-refractivity contribution >= 4 is 27.5 Å². The summed E-state index contributed by atoms with van der Waals surface area (Å²) in [5, 5.41) is 9.80. The molecule has 0 spiro atoms. The van der Waals surface area contributed by atoms with E-state index in [1.165, 1.54) is 35.9 Å². The molecule has 4 nitrogen and oxygen atoms in total. The first kappa shape index (κ1) is 20.7. The average Bonchev–Trinajstić information content (AvgIpc) is 2.72. The maximum absolute atomic E-state index is 12.7. The Labute approximate surface area is 175 Å². The third-order valence-corrected chi connectivity index (χ3v) is 6.16. The number of sulfone groups is 1. The molecule has 0 saturated carbocycles. The number of halogens is 1. The first-order valence-electron chi connectivity index (χ1n) is 8.79. The van der Waals surface area contributed by atoms with E-state index in [4.69, 9.17) is 16.3 Å². The minimum atomic E-state index is -3.92. The van der Waals surface area contributed by atoms with Crippen LogP contribution in [-0.2, 0) is 16.4 Å². The highest BCUT2D eigenvalue weighted by Crippen LogP contribution is 2.24. The van der Waals surface area contributed by atoms with Gasteiger partial charge in [0.2, 0.25) is 9.84 Å². The van der Waals surface area contributed by atoms with Gasteiger partial charge in [-0.05, 0) is 60.5 Å². The normalized spacial score (nSPS) is 11.7. The van der Waals surface area contributed by atoms with E-state index in [1.807, 2.05) is 31.2 Å². The molecule has 0 bridgehead atoms. The van der Waals surface area contributed by atoms with Crippen molar-refractivity contribution in [2.45, 2.75) is 18.4 Å². The minimum absolute atomic E-state index is 0.0211. The Morgan fingerprint density at radius 3 is 2.21 bits per heavy atom. The van der Waals surface area contributed by atoms with E-state index in [9.17, 15) is 13.7 Å². The molecule has 29 heavy (non-hydrogen) atoms. The SMILES string of the molecule is Cc1ccc(COc2ccc(/C=C(\C#N)S(=O)(=O)c3ccc(Cl)cc3)cc2)cc1. The standard InChI is InChI=1S/C23H18ClNO3S/c1-17-2-4-19(5-3-17)16-28-21-10-6-18(7-11-21)14-23(15-25)29(26,27)22-12-8-20(24)9-13-22/h2-14H,16H2,1H3/b23-14+. The molecule has 3 rings (SSSR count). The van der Waals surface area contributed by atoms with Crippen LogP contribution in [0.2, 0.25) is 5.02 Å². The van der Waals surface area contributed by atoms with Crippen LogP contribution < -0.4 is 4.74 Å². The van der Waals surface area contributed by atoms with Crippen LogP contribution >= 0.6 is 11.6 Å². The predicted octanol–water partition coefficient (Wildman–Crippen LogP) is 5.57. The van der Waals surface area contributed by atoms with Gasteiger partial charge in [-0.15, -0.1) is 0 Å². The zero-order chi connectivity index (χ0) is 20.9. The molecule has 0 heterocycles. The number of nitriles is 1. The lowest BCUT2D eigenvalue weighted by Gasteiger charge is -2.07. The van der Waals surface area contributed by atoms with Crippen LogP contribution in [0.4, 0.5) is 0 Å². The molecule has 0 radical (unpaired) electrons. The summed E-state index contributed by atoms with van der Waals surface area (Å²) in [7, 11) is -3.92. The van der Waals surface area contributed by atoms with Gasteiger partial charge in [-0.25, -0.2) is 8.42 Å². The fourth-order valence-corrected chi connectivity index (χ4v) is 3.86. The zero-order valence-electron chi connectivity index (χ0n) is 15.7. The second kappa shape index (κ2) is 8.95. The second-order valence-corrected chi connectivity index (χ2v) is 8.78. The molecule has 3 aromatic rings. The molecule has 6 heteroatoms. The third kappa shape index (κ3) is 5.26. The third-order valence-electron chi connectivity index (χ3n) is 4.23. The van der Waals surface area contributed by atoms with E-state index >= 15 is 0 Å². The molecule has 0 amide bonds. The highest BCUT2D eigenvalue weighted by atomic mass is 35.5. The van der Waals surface area contributed by atoms with Crippen LogP contribution in [0.5, 0.6) is 5.75 Å². The summed E-state index contributed by atoms with van der Waals surface area (Å²) in [6, 6.07) is 22.4. The number of aryl methyl sites for hydroxylation is 1. The van der Waals surface area contributed by atoms with Crippen molar-refractivity contribution in [2.24, 2.45) is 0 Å². The number of hydrogen-bond donors (Lipinski definition) is 0. The summed E-state index contributed by atoms with van der Waals surface area (Å²) in [6.45, 7) is 2.46. The first-order valence-corrected chi connectivity index (χ1v) is 10.7. The molecular weight excluding hydrogens is 406 g/mol. The van der Waals surface area contributed by atoms with Gasteiger partial charge in [-0.2, -0.15) is 5.26 Å². The van der Waals surface area contributed by atoms with E-state index < -0.39 is 9.84 Å². The number of benzene rings is 3. The summed E-state index contributed by atoms with van der Waals surface area (Å²) in [6.07, 6.45) is 1.34. The van der Waals surface area contributed by atoms with Gasteiger partial charge in [0.15, 0.2) is 0 Å². The molecule has 0 unspecified atom stereocenters. The van der Waals surface area contributed by atoms with Gasteiger partial charge in [0.1, 0.15) is 23.3 Å². The Morgan fingerprint density at radius 2 is 1.62 bits per heavy atom. The largest absolute Gasteiger partial charge is 0.489 e. The molecule has 0 aliphatic rings. The average molecular weight is 424 g/mol. The van der Waals surface area contributed by atoms with Gasteiger partial charge >= 0.3 is 0 Å². The van der Waals surface area contributed by atoms with Crippen molar-refractivity contribution in [3.05, 3.63) is 99.4 Å². The van der Waals surface area contributed by atoms with Crippen LogP contribution in [-0.4, -0.2) is 8.42 Å². The lowest BCUT2D eigenvalue weighted by Crippen LogP contribution is -2.03. The van der Waals surface area contributed by atoms with Crippen molar-refractivity contribution in [3.63, 3.8) is 0 Å². The van der Waals surface area contributed by atoms with Gasteiger partial charge in [0.05, 0.1) is 4.90 Å². The number of ether oxygens (including phenoxy) is 1. The minimum Gasteiger partial charge on any atom is -0.489 e. The molecule has 0 aliphatic heterocycles. The van der Waals surface area contributed by atoms with Crippen LogP contribution in [0.25, 0.3) is 6.08 Å². The number of allylic oxidation sites excluding steroid dienone is 1. The zero-order valence-corrected chi connectivity index (χ0v) is 17.2. The van der Waals surface area contributed by atoms with E-state index in [0.717, 1.165) is 5.56 Å². The highest BCUT2D eigenvalue weighted by molar-refractivity contribution is 7.95. The van der Waals surface area contributed by atoms with Crippen molar-refractivity contribution in [2.75, 3.05) is 0 Å². The fourth-order valence-electron chi connectivity index (χ4n) is 2.57. The molecule has 0 fully saturated rings. The summed E-state index contributed by atoms with van der Waals surface area (Å²) >= 11 is 5.81. The van der Waals surface area contributed by atoms with Gasteiger partial charge in [-0.3, -0.25) is 0 Å². The van der Waals surface area contributed by atoms with E-state index in [0.29, 0.717) is 22.9 Å². The first-order chi connectivity index (χ1) is 13.9. The summed E-state index contributed by atoms with van der Waals surface area (Å²) in [4.78, 5) is -0.319. The molecule has 0 aliphatic carbocycles. The molecule has 146 valence electrons. The topological polar surface area (TPSA) is 67.2 Å².